The predicted molar refractivity (Wildman–Crippen MR) is 65.5 cm³/mol. The van der Waals surface area contributed by atoms with Gasteiger partial charge < -0.3 is 20.6 Å². The molecule has 4 nitrogen and oxygen atoms in total. The summed E-state index contributed by atoms with van der Waals surface area (Å²) in [5.74, 6) is 0.0586. The van der Waals surface area contributed by atoms with E-state index < -0.39 is 6.10 Å². The van der Waals surface area contributed by atoms with Crippen molar-refractivity contribution in [1.82, 2.24) is 0 Å². The summed E-state index contributed by atoms with van der Waals surface area (Å²) < 4.78 is 0. The summed E-state index contributed by atoms with van der Waals surface area (Å²) in [6.07, 6.45) is -0.597. The third-order valence-electron chi connectivity index (χ3n) is 2.61. The molecule has 1 rings (SSSR count). The smallest absolute Gasteiger partial charge is 0.128 e. The van der Waals surface area contributed by atoms with E-state index in [1.54, 1.807) is 12.1 Å². The fourth-order valence-electron chi connectivity index (χ4n) is 1.54. The van der Waals surface area contributed by atoms with Gasteiger partial charge in [-0.25, -0.2) is 0 Å². The van der Waals surface area contributed by atoms with Crippen molar-refractivity contribution in [2.45, 2.75) is 39.0 Å². The first kappa shape index (κ1) is 14.0. The molecule has 0 bridgehead atoms. The monoisotopic (exact) mass is 240 g/mol. The number of hydrogen-bond acceptors (Lipinski definition) is 3. The van der Waals surface area contributed by atoms with E-state index in [0.717, 1.165) is 0 Å². The van der Waals surface area contributed by atoms with Crippen molar-refractivity contribution < 1.29 is 20.6 Å². The number of quaternary nitrogens is 1. The number of rotatable bonds is 4. The third-order valence-corrected chi connectivity index (χ3v) is 2.61. The van der Waals surface area contributed by atoms with Crippen LogP contribution in [0.15, 0.2) is 18.2 Å². The zero-order chi connectivity index (χ0) is 13.1. The maximum atomic E-state index is 10.0. The van der Waals surface area contributed by atoms with Gasteiger partial charge in [-0.1, -0.05) is 6.07 Å². The molecule has 0 aliphatic rings. The lowest BCUT2D eigenvalue weighted by molar-refractivity contribution is -0.722. The molecule has 0 radical (unpaired) electrons. The molecule has 0 unspecified atom stereocenters. The molecule has 17 heavy (non-hydrogen) atoms. The van der Waals surface area contributed by atoms with Crippen molar-refractivity contribution in [2.75, 3.05) is 6.54 Å². The highest BCUT2D eigenvalue weighted by Gasteiger charge is 2.17. The molecule has 0 fully saturated rings. The predicted octanol–water partition coefficient (Wildman–Crippen LogP) is 0.280. The Morgan fingerprint density at radius 2 is 1.94 bits per heavy atom. The molecular formula is C13H22NO3+. The molecule has 1 atom stereocenters. The second-order valence-electron chi connectivity index (χ2n) is 5.37. The summed E-state index contributed by atoms with van der Waals surface area (Å²) in [7, 11) is 0. The summed E-state index contributed by atoms with van der Waals surface area (Å²) in [5.41, 5.74) is 1.22. The normalized spacial score (nSPS) is 13.7. The first-order valence-corrected chi connectivity index (χ1v) is 5.78. The van der Waals surface area contributed by atoms with E-state index in [1.807, 2.05) is 0 Å². The summed E-state index contributed by atoms with van der Waals surface area (Å²) in [6.45, 7) is 6.57. The van der Waals surface area contributed by atoms with Crippen LogP contribution in [0.5, 0.6) is 5.75 Å². The average Bonchev–Trinajstić information content (AvgIpc) is 2.25. The van der Waals surface area contributed by atoms with Crippen LogP contribution >= 0.6 is 0 Å². The largest absolute Gasteiger partial charge is 0.508 e. The minimum absolute atomic E-state index is 0.0586. The van der Waals surface area contributed by atoms with Crippen molar-refractivity contribution >= 4 is 0 Å². The zero-order valence-corrected chi connectivity index (χ0v) is 10.6. The van der Waals surface area contributed by atoms with Crippen molar-refractivity contribution in [2.24, 2.45) is 0 Å². The van der Waals surface area contributed by atoms with Crippen LogP contribution in [0.2, 0.25) is 0 Å². The highest BCUT2D eigenvalue weighted by atomic mass is 16.3. The minimum Gasteiger partial charge on any atom is -0.508 e. The van der Waals surface area contributed by atoms with Gasteiger partial charge in [-0.3, -0.25) is 0 Å². The van der Waals surface area contributed by atoms with E-state index in [0.29, 0.717) is 17.7 Å². The zero-order valence-electron chi connectivity index (χ0n) is 10.6. The van der Waals surface area contributed by atoms with E-state index in [9.17, 15) is 10.2 Å². The summed E-state index contributed by atoms with van der Waals surface area (Å²) in [4.78, 5) is 0. The highest BCUT2D eigenvalue weighted by molar-refractivity contribution is 5.36. The fraction of sp³-hybridized carbons (Fsp3) is 0.538. The third kappa shape index (κ3) is 4.34. The van der Waals surface area contributed by atoms with E-state index >= 15 is 0 Å². The number of nitrogens with two attached hydrogens (primary N) is 1. The molecule has 0 spiro atoms. The molecule has 0 aromatic heterocycles. The first-order chi connectivity index (χ1) is 7.83. The highest BCUT2D eigenvalue weighted by Crippen LogP contribution is 2.21. The molecule has 0 saturated heterocycles. The van der Waals surface area contributed by atoms with Crippen molar-refractivity contribution in [3.63, 3.8) is 0 Å². The minimum atomic E-state index is -0.597. The van der Waals surface area contributed by atoms with Crippen LogP contribution in [-0.2, 0) is 6.61 Å². The Balaban J connectivity index is 2.72. The Morgan fingerprint density at radius 1 is 1.29 bits per heavy atom. The number of benzene rings is 1. The quantitative estimate of drug-likeness (QED) is 0.610. The number of hydrogen-bond donors (Lipinski definition) is 4. The molecule has 96 valence electrons. The van der Waals surface area contributed by atoms with Crippen LogP contribution in [0.4, 0.5) is 0 Å². The molecule has 0 heterocycles. The van der Waals surface area contributed by atoms with Gasteiger partial charge in [-0.15, -0.1) is 0 Å². The average molecular weight is 240 g/mol. The van der Waals surface area contributed by atoms with Gasteiger partial charge in [0.15, 0.2) is 0 Å². The molecule has 1 aromatic rings. The fourth-order valence-corrected chi connectivity index (χ4v) is 1.54. The Morgan fingerprint density at radius 3 is 2.47 bits per heavy atom. The van der Waals surface area contributed by atoms with Gasteiger partial charge in [0, 0.05) is 5.56 Å². The van der Waals surface area contributed by atoms with Crippen LogP contribution in [-0.4, -0.2) is 27.4 Å². The second-order valence-corrected chi connectivity index (χ2v) is 5.37. The van der Waals surface area contributed by atoms with Gasteiger partial charge in [0.1, 0.15) is 18.4 Å². The number of phenols is 1. The van der Waals surface area contributed by atoms with E-state index in [2.05, 4.69) is 26.1 Å². The Bertz CT molecular complexity index is 371. The van der Waals surface area contributed by atoms with E-state index in [1.165, 1.54) is 6.07 Å². The molecule has 0 amide bonds. The van der Waals surface area contributed by atoms with Gasteiger partial charge in [0.05, 0.1) is 12.1 Å². The Labute approximate surface area is 102 Å². The lowest BCUT2D eigenvalue weighted by Crippen LogP contribution is -2.95. The molecule has 0 saturated carbocycles. The van der Waals surface area contributed by atoms with Crippen LogP contribution < -0.4 is 5.32 Å². The molecule has 5 N–H and O–H groups in total. The number of aliphatic hydroxyl groups excluding tert-OH is 2. The summed E-state index contributed by atoms with van der Waals surface area (Å²) in [6, 6.07) is 4.81. The van der Waals surface area contributed by atoms with Gasteiger partial charge in [0.2, 0.25) is 0 Å². The molecule has 0 aliphatic carbocycles. The Kier molecular flexibility index (Phi) is 4.51. The lowest BCUT2D eigenvalue weighted by atomic mass is 10.0. The maximum Gasteiger partial charge on any atom is 0.128 e. The summed E-state index contributed by atoms with van der Waals surface area (Å²) >= 11 is 0. The van der Waals surface area contributed by atoms with E-state index in [-0.39, 0.29) is 17.9 Å². The van der Waals surface area contributed by atoms with Crippen molar-refractivity contribution in [3.8, 4) is 5.75 Å². The molecule has 0 aliphatic heterocycles. The van der Waals surface area contributed by atoms with Gasteiger partial charge in [0.25, 0.3) is 0 Å². The van der Waals surface area contributed by atoms with Crippen molar-refractivity contribution in [3.05, 3.63) is 29.3 Å². The van der Waals surface area contributed by atoms with Crippen LogP contribution in [0.1, 0.15) is 38.0 Å². The van der Waals surface area contributed by atoms with Crippen LogP contribution in [0.3, 0.4) is 0 Å². The maximum absolute atomic E-state index is 10.0. The van der Waals surface area contributed by atoms with Crippen LogP contribution in [0, 0.1) is 0 Å². The summed E-state index contributed by atoms with van der Waals surface area (Å²) in [5, 5.41) is 30.5. The van der Waals surface area contributed by atoms with E-state index in [4.69, 9.17) is 5.11 Å². The molecular weight excluding hydrogens is 218 g/mol. The molecule has 4 heteroatoms. The van der Waals surface area contributed by atoms with Gasteiger partial charge in [-0.05, 0) is 38.5 Å². The SMILES string of the molecule is CC(C)(C)[NH2+]C[C@H](O)c1ccc(O)c(CO)c1. The van der Waals surface area contributed by atoms with Crippen molar-refractivity contribution in [1.29, 1.82) is 0 Å². The van der Waals surface area contributed by atoms with Gasteiger partial charge in [-0.2, -0.15) is 0 Å². The number of aliphatic hydroxyl groups is 2. The lowest BCUT2D eigenvalue weighted by Gasteiger charge is -2.20. The number of aromatic hydroxyl groups is 1. The Hall–Kier alpha value is -1.10. The molecule has 1 aromatic carbocycles. The standard InChI is InChI=1S/C13H21NO3/c1-13(2,3)14-7-12(17)9-4-5-11(16)10(6-9)8-15/h4-6,12,14-17H,7-8H2,1-3H3/p+1/t12-/m0/s1. The van der Waals surface area contributed by atoms with Gasteiger partial charge >= 0.3 is 0 Å². The van der Waals surface area contributed by atoms with Crippen LogP contribution in [0.25, 0.3) is 0 Å². The second kappa shape index (κ2) is 5.49. The first-order valence-electron chi connectivity index (χ1n) is 5.78. The topological polar surface area (TPSA) is 77.3 Å².